The van der Waals surface area contributed by atoms with Crippen molar-refractivity contribution in [1.29, 1.82) is 5.26 Å². The molecule has 0 atom stereocenters. The summed E-state index contributed by atoms with van der Waals surface area (Å²) in [6.07, 6.45) is 10.2. The minimum absolute atomic E-state index is 0.0728. The molecule has 0 unspecified atom stereocenters. The van der Waals surface area contributed by atoms with Crippen molar-refractivity contribution in [3.8, 4) is 6.07 Å². The van der Waals surface area contributed by atoms with Crippen LogP contribution in [0.2, 0.25) is 0 Å². The zero-order valence-electron chi connectivity index (χ0n) is 15.7. The molecule has 0 aliphatic heterocycles. The van der Waals surface area contributed by atoms with E-state index in [1.54, 1.807) is 18.5 Å². The monoisotopic (exact) mass is 385 g/mol. The summed E-state index contributed by atoms with van der Waals surface area (Å²) in [6, 6.07) is 8.05. The number of anilines is 1. The van der Waals surface area contributed by atoms with Crippen LogP contribution in [0.4, 0.5) is 5.82 Å². The Kier molecular flexibility index (Phi) is 4.21. The predicted octanol–water partition coefficient (Wildman–Crippen LogP) is 3.14. The standard InChI is InChI=1S/C21H19N7O/c22-9-13-1-6-18(25-10-13)27-14-2-4-15(5-3-14)28-19(29)12-24-17-11-26-21-16(20(17)28)7-8-23-21/h1,6-8,10-12,14-15H,2-5H2,(H,23,26)(H,25,27). The lowest BCUT2D eigenvalue weighted by atomic mass is 9.90. The summed E-state index contributed by atoms with van der Waals surface area (Å²) in [5, 5.41) is 13.3. The molecule has 29 heavy (non-hydrogen) atoms. The van der Waals surface area contributed by atoms with E-state index in [1.807, 2.05) is 22.9 Å². The quantitative estimate of drug-likeness (QED) is 0.560. The zero-order valence-corrected chi connectivity index (χ0v) is 15.7. The molecule has 0 spiro atoms. The number of nitrogens with one attached hydrogen (secondary N) is 2. The van der Waals surface area contributed by atoms with Crippen LogP contribution in [-0.4, -0.2) is 30.5 Å². The second kappa shape index (κ2) is 7.02. The van der Waals surface area contributed by atoms with Crippen LogP contribution >= 0.6 is 0 Å². The van der Waals surface area contributed by atoms with Gasteiger partial charge in [0.1, 0.15) is 23.1 Å². The summed E-state index contributed by atoms with van der Waals surface area (Å²) in [5.41, 5.74) is 2.83. The van der Waals surface area contributed by atoms with Crippen molar-refractivity contribution in [3.63, 3.8) is 0 Å². The third-order valence-corrected chi connectivity index (χ3v) is 5.64. The van der Waals surface area contributed by atoms with Crippen LogP contribution in [0, 0.1) is 11.3 Å². The molecular formula is C21H19N7O. The molecule has 5 rings (SSSR count). The maximum atomic E-state index is 12.7. The Labute approximate surface area is 166 Å². The number of aromatic nitrogens is 5. The number of hydrogen-bond acceptors (Lipinski definition) is 6. The number of rotatable bonds is 3. The van der Waals surface area contributed by atoms with Gasteiger partial charge in [-0.3, -0.25) is 4.79 Å². The van der Waals surface area contributed by atoms with Crippen molar-refractivity contribution in [1.82, 2.24) is 24.5 Å². The smallest absolute Gasteiger partial charge is 0.269 e. The molecule has 8 heteroatoms. The van der Waals surface area contributed by atoms with E-state index in [0.29, 0.717) is 11.6 Å². The molecule has 0 aromatic carbocycles. The van der Waals surface area contributed by atoms with Gasteiger partial charge in [-0.25, -0.2) is 15.0 Å². The molecule has 2 N–H and O–H groups in total. The van der Waals surface area contributed by atoms with Gasteiger partial charge >= 0.3 is 0 Å². The number of pyridine rings is 2. The number of hydrogen-bond donors (Lipinski definition) is 2. The first kappa shape index (κ1) is 17.4. The second-order valence-electron chi connectivity index (χ2n) is 7.39. The second-order valence-corrected chi connectivity index (χ2v) is 7.39. The Bertz CT molecular complexity index is 1270. The first-order valence-corrected chi connectivity index (χ1v) is 9.69. The first-order valence-electron chi connectivity index (χ1n) is 9.69. The molecule has 4 aromatic rings. The van der Waals surface area contributed by atoms with Gasteiger partial charge < -0.3 is 14.9 Å². The Morgan fingerprint density at radius 2 is 1.93 bits per heavy atom. The summed E-state index contributed by atoms with van der Waals surface area (Å²) in [7, 11) is 0. The van der Waals surface area contributed by atoms with Gasteiger partial charge in [0.25, 0.3) is 5.56 Å². The molecule has 1 aliphatic rings. The van der Waals surface area contributed by atoms with Crippen LogP contribution in [0.5, 0.6) is 0 Å². The zero-order chi connectivity index (χ0) is 19.8. The van der Waals surface area contributed by atoms with Gasteiger partial charge in [0.05, 0.1) is 23.5 Å². The largest absolute Gasteiger partial charge is 0.367 e. The Morgan fingerprint density at radius 3 is 2.69 bits per heavy atom. The van der Waals surface area contributed by atoms with E-state index in [9.17, 15) is 4.79 Å². The predicted molar refractivity (Wildman–Crippen MR) is 110 cm³/mol. The molecule has 0 radical (unpaired) electrons. The minimum atomic E-state index is -0.0728. The molecular weight excluding hydrogens is 366 g/mol. The number of H-pyrrole nitrogens is 1. The van der Waals surface area contributed by atoms with Crippen molar-refractivity contribution in [2.45, 2.75) is 37.8 Å². The van der Waals surface area contributed by atoms with Gasteiger partial charge in [-0.1, -0.05) is 0 Å². The summed E-state index contributed by atoms with van der Waals surface area (Å²) >= 11 is 0. The van der Waals surface area contributed by atoms with E-state index in [4.69, 9.17) is 5.26 Å². The molecule has 1 saturated carbocycles. The molecule has 1 aliphatic carbocycles. The van der Waals surface area contributed by atoms with Crippen molar-refractivity contribution in [3.05, 3.63) is 58.9 Å². The third kappa shape index (κ3) is 3.10. The molecule has 8 nitrogen and oxygen atoms in total. The lowest BCUT2D eigenvalue weighted by Crippen LogP contribution is -2.32. The van der Waals surface area contributed by atoms with Crippen LogP contribution < -0.4 is 10.9 Å². The molecule has 144 valence electrons. The summed E-state index contributed by atoms with van der Waals surface area (Å²) < 4.78 is 1.90. The van der Waals surface area contributed by atoms with Gasteiger partial charge in [0, 0.05) is 29.9 Å². The van der Waals surface area contributed by atoms with Gasteiger partial charge in [-0.15, -0.1) is 0 Å². The Balaban J connectivity index is 1.40. The van der Waals surface area contributed by atoms with E-state index < -0.39 is 0 Å². The summed E-state index contributed by atoms with van der Waals surface area (Å²) in [5.74, 6) is 0.777. The number of fused-ring (bicyclic) bond motifs is 3. The van der Waals surface area contributed by atoms with Gasteiger partial charge in [-0.05, 0) is 43.9 Å². The molecule has 4 heterocycles. The van der Waals surface area contributed by atoms with Crippen molar-refractivity contribution >= 4 is 27.9 Å². The van der Waals surface area contributed by atoms with E-state index in [2.05, 4.69) is 31.3 Å². The van der Waals surface area contributed by atoms with Gasteiger partial charge in [-0.2, -0.15) is 5.26 Å². The number of nitriles is 1. The van der Waals surface area contributed by atoms with Gasteiger partial charge in [0.15, 0.2) is 0 Å². The van der Waals surface area contributed by atoms with E-state index in [1.165, 1.54) is 6.20 Å². The first-order chi connectivity index (χ1) is 14.2. The van der Waals surface area contributed by atoms with Gasteiger partial charge in [0.2, 0.25) is 0 Å². The third-order valence-electron chi connectivity index (χ3n) is 5.64. The Hall–Kier alpha value is -3.73. The molecule has 4 aromatic heterocycles. The molecule has 0 bridgehead atoms. The lowest BCUT2D eigenvalue weighted by Gasteiger charge is -2.31. The Morgan fingerprint density at radius 1 is 1.07 bits per heavy atom. The highest BCUT2D eigenvalue weighted by molar-refractivity contribution is 6.00. The van der Waals surface area contributed by atoms with Crippen LogP contribution in [0.15, 0.2) is 47.8 Å². The van der Waals surface area contributed by atoms with Crippen molar-refractivity contribution in [2.24, 2.45) is 0 Å². The summed E-state index contributed by atoms with van der Waals surface area (Å²) in [4.78, 5) is 28.8. The van der Waals surface area contributed by atoms with Crippen LogP contribution in [-0.2, 0) is 0 Å². The highest BCUT2D eigenvalue weighted by atomic mass is 16.1. The number of aromatic amines is 1. The van der Waals surface area contributed by atoms with Crippen molar-refractivity contribution < 1.29 is 0 Å². The van der Waals surface area contributed by atoms with Crippen LogP contribution in [0.1, 0.15) is 37.3 Å². The maximum absolute atomic E-state index is 12.7. The maximum Gasteiger partial charge on any atom is 0.269 e. The number of nitrogens with zero attached hydrogens (tertiary/aromatic N) is 5. The normalized spacial score (nSPS) is 19.3. The van der Waals surface area contributed by atoms with Crippen LogP contribution in [0.25, 0.3) is 22.1 Å². The fourth-order valence-corrected chi connectivity index (χ4v) is 4.22. The highest BCUT2D eigenvalue weighted by Crippen LogP contribution is 2.32. The van der Waals surface area contributed by atoms with Crippen LogP contribution in [0.3, 0.4) is 0 Å². The average Bonchev–Trinajstić information content (AvgIpc) is 3.24. The molecule has 0 amide bonds. The minimum Gasteiger partial charge on any atom is -0.367 e. The van der Waals surface area contributed by atoms with E-state index >= 15 is 0 Å². The highest BCUT2D eigenvalue weighted by Gasteiger charge is 2.25. The van der Waals surface area contributed by atoms with E-state index in [-0.39, 0.29) is 11.6 Å². The summed E-state index contributed by atoms with van der Waals surface area (Å²) in [6.45, 7) is 0. The van der Waals surface area contributed by atoms with Crippen molar-refractivity contribution in [2.75, 3.05) is 5.32 Å². The fraction of sp³-hybridized carbons (Fsp3) is 0.286. The topological polar surface area (TPSA) is 112 Å². The molecule has 0 saturated heterocycles. The molecule has 1 fully saturated rings. The average molecular weight is 385 g/mol. The lowest BCUT2D eigenvalue weighted by molar-refractivity contribution is 0.335. The fourth-order valence-electron chi connectivity index (χ4n) is 4.22. The SMILES string of the molecule is N#Cc1ccc(NC2CCC(n3c(=O)cnc4cnc5[nH]ccc5c43)CC2)nc1. The van der Waals surface area contributed by atoms with E-state index in [0.717, 1.165) is 53.6 Å².